The molecule has 0 aliphatic rings. The molecule has 1 aromatic carbocycles. The highest BCUT2D eigenvalue weighted by molar-refractivity contribution is 7.90. The topological polar surface area (TPSA) is 90.8 Å². The Morgan fingerprint density at radius 3 is 2.71 bits per heavy atom. The molecule has 0 aromatic heterocycles. The van der Waals surface area contributed by atoms with Gasteiger partial charge in [-0.15, -0.1) is 0 Å². The molecule has 3 N–H and O–H groups in total. The highest BCUT2D eigenvalue weighted by Crippen LogP contribution is 2.11. The summed E-state index contributed by atoms with van der Waals surface area (Å²) in [5, 5.41) is 15.3. The normalized spacial score (nSPS) is 13.6. The number of guanidine groups is 1. The molecule has 0 amide bonds. The molecule has 1 atom stereocenters. The summed E-state index contributed by atoms with van der Waals surface area (Å²) in [6.45, 7) is 4.45. The number of hydrogen-bond acceptors (Lipinski definition) is 4. The molecule has 0 heterocycles. The fraction of sp³-hybridized carbons (Fsp3) is 0.562. The van der Waals surface area contributed by atoms with Gasteiger partial charge in [-0.05, 0) is 38.0 Å². The van der Waals surface area contributed by atoms with Gasteiger partial charge in [-0.1, -0.05) is 6.07 Å². The molecule has 1 rings (SSSR count). The molecule has 8 heteroatoms. The number of rotatable bonds is 8. The minimum atomic E-state index is -2.99. The molecule has 0 aliphatic carbocycles. The van der Waals surface area contributed by atoms with E-state index in [-0.39, 0.29) is 24.0 Å². The molecule has 1 unspecified atom stereocenters. The van der Waals surface area contributed by atoms with E-state index in [1.165, 1.54) is 12.3 Å². The summed E-state index contributed by atoms with van der Waals surface area (Å²) in [5.74, 6) is 0.233. The van der Waals surface area contributed by atoms with Crippen LogP contribution in [0, 0.1) is 5.82 Å². The Morgan fingerprint density at radius 2 is 2.12 bits per heavy atom. The maximum atomic E-state index is 13.4. The molecule has 6 nitrogen and oxygen atoms in total. The monoisotopic (exact) mass is 359 g/mol. The van der Waals surface area contributed by atoms with Crippen molar-refractivity contribution in [2.45, 2.75) is 39.5 Å². The predicted octanol–water partition coefficient (Wildman–Crippen LogP) is 1.20. The molecule has 0 saturated heterocycles. The standard InChI is InChI=1S/C16H26FN3O3S/c1-4-18-16(20-12(2)7-8-24(3,22)23)19-10-13-5-6-15(17)14(9-13)11-21/h5-6,9,12,21H,4,7-8,10-11H2,1-3H3,(H2,18,19,20). The first-order valence-corrected chi connectivity index (χ1v) is 9.92. The van der Waals surface area contributed by atoms with Crippen molar-refractivity contribution in [3.05, 3.63) is 35.1 Å². The fourth-order valence-electron chi connectivity index (χ4n) is 2.03. The Labute approximate surface area is 143 Å². The van der Waals surface area contributed by atoms with Crippen LogP contribution in [0.4, 0.5) is 4.39 Å². The van der Waals surface area contributed by atoms with Crippen molar-refractivity contribution in [2.24, 2.45) is 4.99 Å². The van der Waals surface area contributed by atoms with Crippen LogP contribution in [-0.4, -0.2) is 44.1 Å². The summed E-state index contributed by atoms with van der Waals surface area (Å²) < 4.78 is 35.8. The SMILES string of the molecule is CCNC(=NCc1ccc(F)c(CO)c1)NC(C)CCS(C)(=O)=O. The van der Waals surface area contributed by atoms with Gasteiger partial charge in [-0.25, -0.2) is 17.8 Å². The Kier molecular flexibility index (Phi) is 8.14. The lowest BCUT2D eigenvalue weighted by Gasteiger charge is -2.17. The largest absolute Gasteiger partial charge is 0.392 e. The summed E-state index contributed by atoms with van der Waals surface area (Å²) in [6.07, 6.45) is 1.70. The Morgan fingerprint density at radius 1 is 1.42 bits per heavy atom. The Hall–Kier alpha value is -1.67. The van der Waals surface area contributed by atoms with Crippen molar-refractivity contribution < 1.29 is 17.9 Å². The molecule has 0 aliphatic heterocycles. The van der Waals surface area contributed by atoms with Gasteiger partial charge in [0.25, 0.3) is 0 Å². The third kappa shape index (κ3) is 7.74. The number of nitrogens with zero attached hydrogens (tertiary/aromatic N) is 1. The second-order valence-electron chi connectivity index (χ2n) is 5.74. The first kappa shape index (κ1) is 20.4. The van der Waals surface area contributed by atoms with Crippen LogP contribution in [0.25, 0.3) is 0 Å². The van der Waals surface area contributed by atoms with Crippen LogP contribution in [0.1, 0.15) is 31.4 Å². The minimum Gasteiger partial charge on any atom is -0.392 e. The van der Waals surface area contributed by atoms with Gasteiger partial charge in [0.2, 0.25) is 0 Å². The van der Waals surface area contributed by atoms with Gasteiger partial charge < -0.3 is 15.7 Å². The molecule has 0 bridgehead atoms. The third-order valence-corrected chi connectivity index (χ3v) is 4.33. The van der Waals surface area contributed by atoms with Gasteiger partial charge in [0, 0.05) is 24.4 Å². The average Bonchev–Trinajstić information content (AvgIpc) is 2.51. The van der Waals surface area contributed by atoms with Crippen molar-refractivity contribution >= 4 is 15.8 Å². The summed E-state index contributed by atoms with van der Waals surface area (Å²) in [5.41, 5.74) is 1.02. The summed E-state index contributed by atoms with van der Waals surface area (Å²) in [6, 6.07) is 4.45. The second kappa shape index (κ2) is 9.58. The average molecular weight is 359 g/mol. The highest BCUT2D eigenvalue weighted by atomic mass is 32.2. The van der Waals surface area contributed by atoms with E-state index in [0.29, 0.717) is 25.5 Å². The van der Waals surface area contributed by atoms with Crippen LogP contribution in [-0.2, 0) is 23.0 Å². The van der Waals surface area contributed by atoms with Crippen LogP contribution in [0.15, 0.2) is 23.2 Å². The van der Waals surface area contributed by atoms with Gasteiger partial charge in [-0.3, -0.25) is 0 Å². The first-order chi connectivity index (χ1) is 11.2. The number of halogens is 1. The quantitative estimate of drug-likeness (QED) is 0.479. The van der Waals surface area contributed by atoms with Gasteiger partial charge in [0.1, 0.15) is 15.7 Å². The molecule has 0 spiro atoms. The minimum absolute atomic E-state index is 0.0567. The smallest absolute Gasteiger partial charge is 0.191 e. The van der Waals surface area contributed by atoms with E-state index in [0.717, 1.165) is 5.56 Å². The van der Waals surface area contributed by atoms with Crippen molar-refractivity contribution in [1.82, 2.24) is 10.6 Å². The molecule has 24 heavy (non-hydrogen) atoms. The fourth-order valence-corrected chi connectivity index (χ4v) is 2.82. The van der Waals surface area contributed by atoms with Crippen molar-refractivity contribution in [2.75, 3.05) is 18.6 Å². The van der Waals surface area contributed by atoms with E-state index in [1.807, 2.05) is 13.8 Å². The number of nitrogens with one attached hydrogen (secondary N) is 2. The first-order valence-electron chi connectivity index (χ1n) is 7.86. The van der Waals surface area contributed by atoms with E-state index < -0.39 is 15.7 Å². The zero-order valence-electron chi connectivity index (χ0n) is 14.3. The van der Waals surface area contributed by atoms with Gasteiger partial charge in [-0.2, -0.15) is 0 Å². The Bertz CT molecular complexity index is 663. The maximum Gasteiger partial charge on any atom is 0.191 e. The van der Waals surface area contributed by atoms with Crippen LogP contribution >= 0.6 is 0 Å². The number of sulfone groups is 1. The van der Waals surface area contributed by atoms with E-state index in [4.69, 9.17) is 5.11 Å². The maximum absolute atomic E-state index is 13.4. The zero-order valence-corrected chi connectivity index (χ0v) is 15.2. The lowest BCUT2D eigenvalue weighted by atomic mass is 10.1. The van der Waals surface area contributed by atoms with E-state index in [1.54, 1.807) is 12.1 Å². The third-order valence-electron chi connectivity index (χ3n) is 3.35. The van der Waals surface area contributed by atoms with Crippen LogP contribution in [0.2, 0.25) is 0 Å². The lowest BCUT2D eigenvalue weighted by molar-refractivity contribution is 0.275. The van der Waals surface area contributed by atoms with Gasteiger partial charge in [0.05, 0.1) is 18.9 Å². The highest BCUT2D eigenvalue weighted by Gasteiger charge is 2.09. The molecule has 1 aromatic rings. The number of benzene rings is 1. The predicted molar refractivity (Wildman–Crippen MR) is 94.1 cm³/mol. The van der Waals surface area contributed by atoms with Crippen LogP contribution in [0.5, 0.6) is 0 Å². The van der Waals surface area contributed by atoms with E-state index in [9.17, 15) is 12.8 Å². The lowest BCUT2D eigenvalue weighted by Crippen LogP contribution is -2.42. The number of aliphatic hydroxyl groups excluding tert-OH is 1. The molecule has 0 fully saturated rings. The van der Waals surface area contributed by atoms with Crippen LogP contribution < -0.4 is 10.6 Å². The number of aliphatic hydroxyl groups is 1. The Balaban J connectivity index is 2.71. The van der Waals surface area contributed by atoms with Crippen molar-refractivity contribution in [1.29, 1.82) is 0 Å². The van der Waals surface area contributed by atoms with E-state index in [2.05, 4.69) is 15.6 Å². The van der Waals surface area contributed by atoms with Crippen LogP contribution in [0.3, 0.4) is 0 Å². The molecule has 136 valence electrons. The van der Waals surface area contributed by atoms with Crippen molar-refractivity contribution in [3.8, 4) is 0 Å². The summed E-state index contributed by atoms with van der Waals surface area (Å²) in [7, 11) is -2.99. The van der Waals surface area contributed by atoms with Crippen molar-refractivity contribution in [3.63, 3.8) is 0 Å². The zero-order chi connectivity index (χ0) is 18.2. The number of aliphatic imine (C=N–C) groups is 1. The molecular weight excluding hydrogens is 333 g/mol. The second-order valence-corrected chi connectivity index (χ2v) is 8.00. The van der Waals surface area contributed by atoms with E-state index >= 15 is 0 Å². The van der Waals surface area contributed by atoms with Gasteiger partial charge >= 0.3 is 0 Å². The number of hydrogen-bond donors (Lipinski definition) is 3. The summed E-state index contributed by atoms with van der Waals surface area (Å²) >= 11 is 0. The summed E-state index contributed by atoms with van der Waals surface area (Å²) in [4.78, 5) is 4.41. The molecule has 0 radical (unpaired) electrons. The molecule has 0 saturated carbocycles. The molecular formula is C16H26FN3O3S. The van der Waals surface area contributed by atoms with Gasteiger partial charge in [0.15, 0.2) is 5.96 Å².